The Hall–Kier alpha value is -1.43. The quantitative estimate of drug-likeness (QED) is 0.595. The molecule has 1 aromatic carbocycles. The largest absolute Gasteiger partial charge is 0.378 e. The van der Waals surface area contributed by atoms with Gasteiger partial charge in [0.05, 0.1) is 32.8 Å². The van der Waals surface area contributed by atoms with Crippen molar-refractivity contribution >= 4 is 5.91 Å². The van der Waals surface area contributed by atoms with E-state index in [1.807, 2.05) is 12.1 Å². The minimum Gasteiger partial charge on any atom is -0.378 e. The van der Waals surface area contributed by atoms with Crippen LogP contribution in [0.15, 0.2) is 24.3 Å². The summed E-state index contributed by atoms with van der Waals surface area (Å²) in [6, 6.07) is 8.13. The van der Waals surface area contributed by atoms with Crippen molar-refractivity contribution in [3.63, 3.8) is 0 Å². The van der Waals surface area contributed by atoms with Crippen molar-refractivity contribution in [3.8, 4) is 0 Å². The normalized spacial score (nSPS) is 10.6. The van der Waals surface area contributed by atoms with Crippen LogP contribution in [0.1, 0.15) is 18.1 Å². The Balaban J connectivity index is 2.05. The second kappa shape index (κ2) is 11.3. The van der Waals surface area contributed by atoms with E-state index >= 15 is 0 Å². The second-order valence-electron chi connectivity index (χ2n) is 4.71. The van der Waals surface area contributed by atoms with E-state index in [4.69, 9.17) is 15.2 Å². The van der Waals surface area contributed by atoms with E-state index in [0.29, 0.717) is 45.9 Å². The van der Waals surface area contributed by atoms with Gasteiger partial charge in [0.25, 0.3) is 0 Å². The van der Waals surface area contributed by atoms with Crippen LogP contribution in [-0.2, 0) is 27.1 Å². The monoisotopic (exact) mass is 294 g/mol. The highest BCUT2D eigenvalue weighted by atomic mass is 16.5. The zero-order valence-corrected chi connectivity index (χ0v) is 12.8. The molecule has 0 aliphatic carbocycles. The number of carbonyl (C=O) groups excluding carboxylic acids is 1. The van der Waals surface area contributed by atoms with Gasteiger partial charge in [-0.1, -0.05) is 31.2 Å². The fourth-order valence-electron chi connectivity index (χ4n) is 1.81. The number of aryl methyl sites for hydroxylation is 1. The molecule has 0 unspecified atom stereocenters. The first-order valence-corrected chi connectivity index (χ1v) is 7.46. The fraction of sp³-hybridized carbons (Fsp3) is 0.562. The number of hydrogen-bond donors (Lipinski definition) is 2. The molecule has 0 atom stereocenters. The van der Waals surface area contributed by atoms with Crippen molar-refractivity contribution in [2.75, 3.05) is 39.5 Å². The predicted molar refractivity (Wildman–Crippen MR) is 83.2 cm³/mol. The molecule has 0 bridgehead atoms. The molecule has 0 saturated heterocycles. The first-order chi connectivity index (χ1) is 10.3. The number of benzene rings is 1. The van der Waals surface area contributed by atoms with E-state index in [1.165, 1.54) is 5.56 Å². The molecule has 1 amide bonds. The van der Waals surface area contributed by atoms with Crippen LogP contribution in [0, 0.1) is 0 Å². The summed E-state index contributed by atoms with van der Waals surface area (Å²) < 4.78 is 10.5. The van der Waals surface area contributed by atoms with Gasteiger partial charge in [0.15, 0.2) is 0 Å². The molecule has 0 heterocycles. The van der Waals surface area contributed by atoms with Crippen LogP contribution in [0.3, 0.4) is 0 Å². The van der Waals surface area contributed by atoms with Crippen molar-refractivity contribution in [2.24, 2.45) is 5.73 Å². The summed E-state index contributed by atoms with van der Waals surface area (Å²) in [5, 5.41) is 2.84. The van der Waals surface area contributed by atoms with Gasteiger partial charge in [-0.05, 0) is 17.5 Å². The summed E-state index contributed by atoms with van der Waals surface area (Å²) in [5.41, 5.74) is 7.60. The van der Waals surface area contributed by atoms with Gasteiger partial charge >= 0.3 is 0 Å². The summed E-state index contributed by atoms with van der Waals surface area (Å²) in [7, 11) is 0. The lowest BCUT2D eigenvalue weighted by molar-refractivity contribution is -0.120. The topological polar surface area (TPSA) is 73.6 Å². The van der Waals surface area contributed by atoms with Crippen LogP contribution in [-0.4, -0.2) is 45.4 Å². The van der Waals surface area contributed by atoms with E-state index < -0.39 is 0 Å². The molecule has 5 nitrogen and oxygen atoms in total. The van der Waals surface area contributed by atoms with Crippen molar-refractivity contribution in [1.29, 1.82) is 0 Å². The molecule has 0 aliphatic rings. The van der Waals surface area contributed by atoms with E-state index in [9.17, 15) is 4.79 Å². The number of rotatable bonds is 11. The smallest absolute Gasteiger partial charge is 0.224 e. The first kappa shape index (κ1) is 17.6. The van der Waals surface area contributed by atoms with Crippen LogP contribution >= 0.6 is 0 Å². The van der Waals surface area contributed by atoms with Gasteiger partial charge in [0.1, 0.15) is 0 Å². The Bertz CT molecular complexity index is 393. The van der Waals surface area contributed by atoms with E-state index in [-0.39, 0.29) is 5.91 Å². The minimum atomic E-state index is 0.0160. The van der Waals surface area contributed by atoms with Crippen molar-refractivity contribution < 1.29 is 14.3 Å². The summed E-state index contributed by atoms with van der Waals surface area (Å²) in [6.45, 7) is 5.26. The highest BCUT2D eigenvalue weighted by Crippen LogP contribution is 2.05. The maximum absolute atomic E-state index is 11.7. The van der Waals surface area contributed by atoms with Gasteiger partial charge in [-0.25, -0.2) is 0 Å². The van der Waals surface area contributed by atoms with Gasteiger partial charge < -0.3 is 20.5 Å². The maximum atomic E-state index is 11.7. The number of nitrogens with one attached hydrogen (secondary N) is 1. The Kier molecular flexibility index (Phi) is 9.44. The van der Waals surface area contributed by atoms with Crippen molar-refractivity contribution in [2.45, 2.75) is 19.8 Å². The molecule has 5 heteroatoms. The average Bonchev–Trinajstić information content (AvgIpc) is 2.50. The number of ether oxygens (including phenoxy) is 2. The van der Waals surface area contributed by atoms with E-state index in [0.717, 1.165) is 12.0 Å². The number of amides is 1. The van der Waals surface area contributed by atoms with Crippen LogP contribution in [0.2, 0.25) is 0 Å². The molecule has 0 aromatic heterocycles. The van der Waals surface area contributed by atoms with Gasteiger partial charge in [-0.3, -0.25) is 4.79 Å². The average molecular weight is 294 g/mol. The predicted octanol–water partition coefficient (Wildman–Crippen LogP) is 0.900. The van der Waals surface area contributed by atoms with E-state index in [2.05, 4.69) is 24.4 Å². The third kappa shape index (κ3) is 8.45. The number of hydrogen-bond acceptors (Lipinski definition) is 4. The Labute approximate surface area is 126 Å². The Morgan fingerprint density at radius 3 is 2.29 bits per heavy atom. The van der Waals surface area contributed by atoms with Gasteiger partial charge in [-0.15, -0.1) is 0 Å². The van der Waals surface area contributed by atoms with Crippen molar-refractivity contribution in [3.05, 3.63) is 35.4 Å². The molecule has 1 aromatic rings. The number of nitrogens with two attached hydrogens (primary N) is 1. The molecule has 0 fully saturated rings. The molecular formula is C16H26N2O3. The summed E-state index contributed by atoms with van der Waals surface area (Å²) >= 11 is 0. The van der Waals surface area contributed by atoms with Gasteiger partial charge in [0, 0.05) is 13.1 Å². The molecule has 3 N–H and O–H groups in total. The van der Waals surface area contributed by atoms with Crippen LogP contribution in [0.5, 0.6) is 0 Å². The van der Waals surface area contributed by atoms with E-state index in [1.54, 1.807) is 0 Å². The molecule has 0 saturated carbocycles. The fourth-order valence-corrected chi connectivity index (χ4v) is 1.81. The maximum Gasteiger partial charge on any atom is 0.224 e. The molecule has 0 radical (unpaired) electrons. The molecule has 118 valence electrons. The molecule has 0 aliphatic heterocycles. The second-order valence-corrected chi connectivity index (χ2v) is 4.71. The molecule has 1 rings (SSSR count). The van der Waals surface area contributed by atoms with Crippen molar-refractivity contribution in [1.82, 2.24) is 5.32 Å². The molecule has 21 heavy (non-hydrogen) atoms. The lowest BCUT2D eigenvalue weighted by Gasteiger charge is -2.07. The Morgan fingerprint density at radius 2 is 1.67 bits per heavy atom. The Morgan fingerprint density at radius 1 is 1.05 bits per heavy atom. The third-order valence-electron chi connectivity index (χ3n) is 3.00. The van der Waals surface area contributed by atoms with Gasteiger partial charge in [0.2, 0.25) is 5.91 Å². The highest BCUT2D eigenvalue weighted by Gasteiger charge is 2.02. The summed E-state index contributed by atoms with van der Waals surface area (Å²) in [5.74, 6) is 0.0160. The zero-order chi connectivity index (χ0) is 15.3. The highest BCUT2D eigenvalue weighted by molar-refractivity contribution is 5.78. The minimum absolute atomic E-state index is 0.0160. The first-order valence-electron chi connectivity index (χ1n) is 7.46. The standard InChI is InChI=1S/C16H26N2O3/c1-2-14-3-5-15(6-4-14)13-16(19)18-8-10-21-12-11-20-9-7-17/h3-6H,2,7-13,17H2,1H3,(H,18,19). The molecular weight excluding hydrogens is 268 g/mol. The lowest BCUT2D eigenvalue weighted by atomic mass is 10.1. The zero-order valence-electron chi connectivity index (χ0n) is 12.8. The summed E-state index contributed by atoms with van der Waals surface area (Å²) in [6.07, 6.45) is 1.42. The van der Waals surface area contributed by atoms with Crippen LogP contribution in [0.4, 0.5) is 0 Å². The lowest BCUT2D eigenvalue weighted by Crippen LogP contribution is -2.29. The molecule has 0 spiro atoms. The van der Waals surface area contributed by atoms with Crippen LogP contribution < -0.4 is 11.1 Å². The third-order valence-corrected chi connectivity index (χ3v) is 3.00. The van der Waals surface area contributed by atoms with Crippen LogP contribution in [0.25, 0.3) is 0 Å². The SMILES string of the molecule is CCc1ccc(CC(=O)NCCOCCOCCN)cc1. The van der Waals surface area contributed by atoms with Gasteiger partial charge in [-0.2, -0.15) is 0 Å². The summed E-state index contributed by atoms with van der Waals surface area (Å²) in [4.78, 5) is 11.7. The number of carbonyl (C=O) groups is 1.